The lowest BCUT2D eigenvalue weighted by molar-refractivity contribution is -0.160. The van der Waals surface area contributed by atoms with E-state index < -0.39 is 35.7 Å². The zero-order valence-corrected chi connectivity index (χ0v) is 17.3. The summed E-state index contributed by atoms with van der Waals surface area (Å²) in [7, 11) is 0. The van der Waals surface area contributed by atoms with Crippen LogP contribution in [0.2, 0.25) is 0 Å². The van der Waals surface area contributed by atoms with E-state index in [1.54, 1.807) is 0 Å². The number of carboxylic acid groups (broad SMARTS) is 2. The molecule has 2 atom stereocenters. The summed E-state index contributed by atoms with van der Waals surface area (Å²) >= 11 is 8.14. The SMILES string of the molecule is O=C(CCC(CCCCS)C(=O)O)OC(=O)CCC(CCCCS)C(=O)O. The van der Waals surface area contributed by atoms with Crippen LogP contribution >= 0.6 is 25.3 Å². The summed E-state index contributed by atoms with van der Waals surface area (Å²) in [5.74, 6) is -3.46. The fourth-order valence-electron chi connectivity index (χ4n) is 2.60. The summed E-state index contributed by atoms with van der Waals surface area (Å²) in [6.07, 6.45) is 3.81. The molecule has 0 aliphatic heterocycles. The van der Waals surface area contributed by atoms with Gasteiger partial charge in [-0.05, 0) is 50.0 Å². The molecule has 0 aromatic rings. The van der Waals surface area contributed by atoms with Crippen molar-refractivity contribution in [1.82, 2.24) is 0 Å². The normalized spacial score (nSPS) is 13.0. The number of hydrogen-bond donors (Lipinski definition) is 4. The van der Waals surface area contributed by atoms with Crippen molar-refractivity contribution in [3.63, 3.8) is 0 Å². The Balaban J connectivity index is 4.22. The van der Waals surface area contributed by atoms with E-state index in [1.807, 2.05) is 0 Å². The van der Waals surface area contributed by atoms with E-state index in [0.29, 0.717) is 37.2 Å². The summed E-state index contributed by atoms with van der Waals surface area (Å²) in [6.45, 7) is 0. The van der Waals surface area contributed by atoms with Crippen LogP contribution in [0.5, 0.6) is 0 Å². The Morgan fingerprint density at radius 1 is 0.667 bits per heavy atom. The van der Waals surface area contributed by atoms with Gasteiger partial charge in [-0.15, -0.1) is 0 Å². The molecule has 156 valence electrons. The predicted molar refractivity (Wildman–Crippen MR) is 107 cm³/mol. The molecular formula is C18H30O7S2. The molecule has 27 heavy (non-hydrogen) atoms. The van der Waals surface area contributed by atoms with Gasteiger partial charge >= 0.3 is 23.9 Å². The van der Waals surface area contributed by atoms with Crippen LogP contribution < -0.4 is 0 Å². The van der Waals surface area contributed by atoms with Gasteiger partial charge in [0, 0.05) is 12.8 Å². The molecule has 0 aliphatic rings. The maximum Gasteiger partial charge on any atom is 0.313 e. The van der Waals surface area contributed by atoms with Crippen molar-refractivity contribution in [2.45, 2.75) is 64.2 Å². The first-order valence-electron chi connectivity index (χ1n) is 9.22. The van der Waals surface area contributed by atoms with Gasteiger partial charge in [-0.25, -0.2) is 0 Å². The first-order valence-corrected chi connectivity index (χ1v) is 10.5. The van der Waals surface area contributed by atoms with E-state index in [1.165, 1.54) is 0 Å². The monoisotopic (exact) mass is 422 g/mol. The number of esters is 2. The average Bonchev–Trinajstić information content (AvgIpc) is 2.60. The molecule has 2 N–H and O–H groups in total. The molecule has 0 amide bonds. The standard InChI is InChI=1S/C18H30O7S2/c19-15(9-7-13(17(21)22)5-1-3-11-26)25-16(20)10-8-14(18(23)24)6-2-4-12-27/h13-14,26-27H,1-12H2,(H,21,22)(H,23,24). The van der Waals surface area contributed by atoms with E-state index in [2.05, 4.69) is 30.0 Å². The summed E-state index contributed by atoms with van der Waals surface area (Å²) in [5.41, 5.74) is 0. The molecule has 7 nitrogen and oxygen atoms in total. The number of aliphatic carboxylic acids is 2. The molecule has 0 saturated heterocycles. The van der Waals surface area contributed by atoms with Crippen molar-refractivity contribution in [2.75, 3.05) is 11.5 Å². The largest absolute Gasteiger partial charge is 0.481 e. The second kappa shape index (κ2) is 15.8. The average molecular weight is 423 g/mol. The van der Waals surface area contributed by atoms with Crippen molar-refractivity contribution in [2.24, 2.45) is 11.8 Å². The Hall–Kier alpha value is -1.22. The summed E-state index contributed by atoms with van der Waals surface area (Å²) in [5, 5.41) is 18.3. The van der Waals surface area contributed by atoms with E-state index in [0.717, 1.165) is 12.8 Å². The third-order valence-electron chi connectivity index (χ3n) is 4.24. The number of carboxylic acids is 2. The molecule has 0 fully saturated rings. The summed E-state index contributed by atoms with van der Waals surface area (Å²) < 4.78 is 4.67. The van der Waals surface area contributed by atoms with Crippen molar-refractivity contribution in [3.05, 3.63) is 0 Å². The van der Waals surface area contributed by atoms with E-state index in [4.69, 9.17) is 10.2 Å². The van der Waals surface area contributed by atoms with Gasteiger partial charge in [0.05, 0.1) is 11.8 Å². The first-order chi connectivity index (χ1) is 12.8. The molecular weight excluding hydrogens is 392 g/mol. The second-order valence-corrected chi connectivity index (χ2v) is 7.33. The third kappa shape index (κ3) is 13.6. The van der Waals surface area contributed by atoms with Gasteiger partial charge in [-0.3, -0.25) is 19.2 Å². The van der Waals surface area contributed by atoms with Gasteiger partial charge in [0.25, 0.3) is 0 Å². The first kappa shape index (κ1) is 25.8. The summed E-state index contributed by atoms with van der Waals surface area (Å²) in [6, 6.07) is 0. The molecule has 0 rings (SSSR count). The Kier molecular flexibility index (Phi) is 15.1. The fourth-order valence-corrected chi connectivity index (χ4v) is 3.05. The maximum absolute atomic E-state index is 11.7. The zero-order valence-electron chi connectivity index (χ0n) is 15.5. The van der Waals surface area contributed by atoms with Crippen LogP contribution in [0, 0.1) is 11.8 Å². The Labute approximate surface area is 171 Å². The van der Waals surface area contributed by atoms with Gasteiger partial charge in [0.1, 0.15) is 0 Å². The molecule has 0 aromatic heterocycles. The lowest BCUT2D eigenvalue weighted by Crippen LogP contribution is -2.19. The molecule has 0 heterocycles. The minimum Gasteiger partial charge on any atom is -0.481 e. The van der Waals surface area contributed by atoms with Crippen LogP contribution in [0.4, 0.5) is 0 Å². The van der Waals surface area contributed by atoms with Crippen LogP contribution in [-0.2, 0) is 23.9 Å². The van der Waals surface area contributed by atoms with E-state index >= 15 is 0 Å². The number of rotatable bonds is 16. The fraction of sp³-hybridized carbons (Fsp3) is 0.778. The Bertz CT molecular complexity index is 440. The van der Waals surface area contributed by atoms with E-state index in [9.17, 15) is 19.2 Å². The molecule has 0 aromatic carbocycles. The van der Waals surface area contributed by atoms with Crippen LogP contribution in [0.25, 0.3) is 0 Å². The number of carbonyl (C=O) groups excluding carboxylic acids is 2. The molecule has 9 heteroatoms. The van der Waals surface area contributed by atoms with Crippen molar-refractivity contribution >= 4 is 49.1 Å². The van der Waals surface area contributed by atoms with Crippen LogP contribution in [0.3, 0.4) is 0 Å². The smallest absolute Gasteiger partial charge is 0.313 e. The third-order valence-corrected chi connectivity index (χ3v) is 4.87. The Morgan fingerprint density at radius 3 is 1.33 bits per heavy atom. The van der Waals surface area contributed by atoms with Gasteiger partial charge < -0.3 is 14.9 Å². The van der Waals surface area contributed by atoms with Gasteiger partial charge in [0.2, 0.25) is 0 Å². The number of hydrogen-bond acceptors (Lipinski definition) is 7. The molecule has 0 spiro atoms. The van der Waals surface area contributed by atoms with E-state index in [-0.39, 0.29) is 25.7 Å². The van der Waals surface area contributed by atoms with Crippen LogP contribution in [0.1, 0.15) is 64.2 Å². The van der Waals surface area contributed by atoms with Gasteiger partial charge in [0.15, 0.2) is 0 Å². The second-order valence-electron chi connectivity index (χ2n) is 6.43. The molecule has 0 radical (unpaired) electrons. The van der Waals surface area contributed by atoms with Crippen LogP contribution in [-0.4, -0.2) is 45.6 Å². The van der Waals surface area contributed by atoms with Crippen molar-refractivity contribution < 1.29 is 34.1 Å². The molecule has 2 unspecified atom stereocenters. The van der Waals surface area contributed by atoms with Crippen molar-refractivity contribution in [3.8, 4) is 0 Å². The highest BCUT2D eigenvalue weighted by Crippen LogP contribution is 2.18. The number of thiol groups is 2. The quantitative estimate of drug-likeness (QED) is 0.131. The minimum absolute atomic E-state index is 0.107. The topological polar surface area (TPSA) is 118 Å². The molecule has 0 bridgehead atoms. The molecule has 0 aliphatic carbocycles. The maximum atomic E-state index is 11.7. The number of carbonyl (C=O) groups is 4. The lowest BCUT2D eigenvalue weighted by Gasteiger charge is -2.12. The van der Waals surface area contributed by atoms with Gasteiger partial charge in [-0.1, -0.05) is 12.8 Å². The minimum atomic E-state index is -0.973. The lowest BCUT2D eigenvalue weighted by atomic mass is 9.97. The highest BCUT2D eigenvalue weighted by atomic mass is 32.1. The summed E-state index contributed by atoms with van der Waals surface area (Å²) in [4.78, 5) is 45.8. The highest BCUT2D eigenvalue weighted by Gasteiger charge is 2.22. The van der Waals surface area contributed by atoms with Crippen LogP contribution in [0.15, 0.2) is 0 Å². The predicted octanol–water partition coefficient (Wildman–Crippen LogP) is 3.22. The number of unbranched alkanes of at least 4 members (excludes halogenated alkanes) is 2. The number of ether oxygens (including phenoxy) is 1. The molecule has 0 saturated carbocycles. The Morgan fingerprint density at radius 2 is 1.04 bits per heavy atom. The van der Waals surface area contributed by atoms with Crippen molar-refractivity contribution in [1.29, 1.82) is 0 Å². The zero-order chi connectivity index (χ0) is 20.7. The van der Waals surface area contributed by atoms with Gasteiger partial charge in [-0.2, -0.15) is 25.3 Å². The highest BCUT2D eigenvalue weighted by molar-refractivity contribution is 7.80.